The lowest BCUT2D eigenvalue weighted by Crippen LogP contribution is -2.56. The van der Waals surface area contributed by atoms with E-state index in [4.69, 9.17) is 14.6 Å². The van der Waals surface area contributed by atoms with Gasteiger partial charge in [-0.05, 0) is 99.8 Å². The van der Waals surface area contributed by atoms with E-state index in [0.29, 0.717) is 49.4 Å². The van der Waals surface area contributed by atoms with Gasteiger partial charge in [-0.15, -0.1) is 0 Å². The van der Waals surface area contributed by atoms with Crippen LogP contribution in [0.25, 0.3) is 0 Å². The average molecular weight is 613 g/mol. The van der Waals surface area contributed by atoms with E-state index in [-0.39, 0.29) is 48.2 Å². The van der Waals surface area contributed by atoms with Crippen molar-refractivity contribution in [2.45, 2.75) is 94.8 Å². The lowest BCUT2D eigenvalue weighted by Gasteiger charge is -2.39. The maximum atomic E-state index is 14.4. The second-order valence-corrected chi connectivity index (χ2v) is 13.6. The van der Waals surface area contributed by atoms with Crippen LogP contribution in [0.4, 0.5) is 5.82 Å². The van der Waals surface area contributed by atoms with Crippen molar-refractivity contribution in [1.29, 1.82) is 5.26 Å². The molecule has 0 radical (unpaired) electrons. The Hall–Kier alpha value is -3.91. The number of nitriles is 1. The molecule has 3 aliphatic heterocycles. The number of likely N-dealkylation sites (tertiary alicyclic amines) is 1. The van der Waals surface area contributed by atoms with Crippen LogP contribution >= 0.6 is 0 Å². The number of fused-ring (bicyclic) bond motifs is 3. The van der Waals surface area contributed by atoms with Crippen molar-refractivity contribution in [1.82, 2.24) is 20.0 Å². The molecular formula is C34H40N6O5. The lowest BCUT2D eigenvalue weighted by molar-refractivity contribution is -0.129. The van der Waals surface area contributed by atoms with Crippen molar-refractivity contribution in [2.24, 2.45) is 11.8 Å². The SMILES string of the molecule is CCN1C(=O)[C@@H](NC(=O)COc2ccc3c(c2)CCC3)[C@@H](C2CC2)c2c(C(=O)N3[C@H](C#N)C[C@H]4C[C@H]43)nn(C3CCOCC3)c21. The number of likely N-dealkylation sites (N-methyl/N-ethyl adjacent to an activating group) is 1. The molecule has 2 aromatic rings. The molecule has 4 fully saturated rings. The number of anilines is 1. The summed E-state index contributed by atoms with van der Waals surface area (Å²) < 4.78 is 13.4. The number of amides is 3. The number of nitrogens with one attached hydrogen (secondary N) is 1. The van der Waals surface area contributed by atoms with E-state index < -0.39 is 12.1 Å². The molecule has 4 heterocycles. The molecule has 1 N–H and O–H groups in total. The molecule has 0 spiro atoms. The highest BCUT2D eigenvalue weighted by Gasteiger charge is 2.57. The Labute approximate surface area is 262 Å². The Morgan fingerprint density at radius 1 is 1.11 bits per heavy atom. The number of carbonyl (C=O) groups excluding carboxylic acids is 3. The van der Waals surface area contributed by atoms with Crippen LogP contribution in [0.1, 0.15) is 91.0 Å². The molecule has 0 bridgehead atoms. The number of benzene rings is 1. The first-order valence-electron chi connectivity index (χ1n) is 16.7. The number of carbonyl (C=O) groups is 3. The number of aryl methyl sites for hydroxylation is 2. The summed E-state index contributed by atoms with van der Waals surface area (Å²) in [5, 5.41) is 18.0. The Morgan fingerprint density at radius 3 is 2.67 bits per heavy atom. The van der Waals surface area contributed by atoms with Crippen LogP contribution in [0.2, 0.25) is 0 Å². The highest BCUT2D eigenvalue weighted by molar-refractivity contribution is 6.06. The molecule has 2 saturated carbocycles. The van der Waals surface area contributed by atoms with Crippen LogP contribution in [-0.2, 0) is 27.2 Å². The normalized spacial score (nSPS) is 28.7. The van der Waals surface area contributed by atoms with Gasteiger partial charge in [0.2, 0.25) is 0 Å². The Morgan fingerprint density at radius 2 is 1.91 bits per heavy atom. The van der Waals surface area contributed by atoms with Crippen molar-refractivity contribution in [2.75, 3.05) is 31.3 Å². The molecule has 11 nitrogen and oxygen atoms in total. The second kappa shape index (κ2) is 11.2. The number of piperidine rings is 1. The predicted molar refractivity (Wildman–Crippen MR) is 163 cm³/mol. The van der Waals surface area contributed by atoms with Gasteiger partial charge in [-0.1, -0.05) is 6.07 Å². The van der Waals surface area contributed by atoms with Crippen LogP contribution < -0.4 is 15.0 Å². The van der Waals surface area contributed by atoms with Crippen molar-refractivity contribution >= 4 is 23.5 Å². The van der Waals surface area contributed by atoms with Gasteiger partial charge < -0.3 is 19.7 Å². The maximum absolute atomic E-state index is 14.4. The van der Waals surface area contributed by atoms with E-state index in [1.54, 1.807) is 9.80 Å². The summed E-state index contributed by atoms with van der Waals surface area (Å²) in [5.74, 6) is 0.685. The molecule has 1 aromatic carbocycles. The maximum Gasteiger partial charge on any atom is 0.276 e. The van der Waals surface area contributed by atoms with E-state index >= 15 is 0 Å². The van der Waals surface area contributed by atoms with Gasteiger partial charge in [-0.2, -0.15) is 10.4 Å². The highest BCUT2D eigenvalue weighted by atomic mass is 16.5. The molecule has 3 aliphatic carbocycles. The Balaban J connectivity index is 1.14. The molecule has 8 rings (SSSR count). The summed E-state index contributed by atoms with van der Waals surface area (Å²) in [6, 6.07) is 7.09. The Bertz CT molecular complexity index is 1590. The molecule has 236 valence electrons. The van der Waals surface area contributed by atoms with Gasteiger partial charge in [0, 0.05) is 37.3 Å². The monoisotopic (exact) mass is 612 g/mol. The van der Waals surface area contributed by atoms with Gasteiger partial charge >= 0.3 is 0 Å². The number of nitrogens with zero attached hydrogens (tertiary/aromatic N) is 5. The molecule has 1 aromatic heterocycles. The molecule has 0 unspecified atom stereocenters. The molecule has 2 saturated heterocycles. The number of aromatic nitrogens is 2. The molecule has 5 atom stereocenters. The fourth-order valence-corrected chi connectivity index (χ4v) is 8.36. The first-order valence-corrected chi connectivity index (χ1v) is 16.7. The van der Waals surface area contributed by atoms with Gasteiger partial charge in [0.25, 0.3) is 17.7 Å². The fourth-order valence-electron chi connectivity index (χ4n) is 8.36. The highest BCUT2D eigenvalue weighted by Crippen LogP contribution is 2.53. The first kappa shape index (κ1) is 28.6. The summed E-state index contributed by atoms with van der Waals surface area (Å²) in [4.78, 5) is 45.6. The third kappa shape index (κ3) is 4.89. The van der Waals surface area contributed by atoms with E-state index in [2.05, 4.69) is 17.5 Å². The van der Waals surface area contributed by atoms with Crippen molar-refractivity contribution in [3.63, 3.8) is 0 Å². The van der Waals surface area contributed by atoms with Gasteiger partial charge in [0.15, 0.2) is 12.3 Å². The topological polar surface area (TPSA) is 130 Å². The van der Waals surface area contributed by atoms with Gasteiger partial charge in [-0.3, -0.25) is 19.3 Å². The van der Waals surface area contributed by atoms with E-state index in [1.165, 1.54) is 11.1 Å². The minimum atomic E-state index is -0.834. The van der Waals surface area contributed by atoms with E-state index in [9.17, 15) is 19.6 Å². The molecular weight excluding hydrogens is 572 g/mol. The summed E-state index contributed by atoms with van der Waals surface area (Å²) in [6.45, 7) is 3.26. The third-order valence-corrected chi connectivity index (χ3v) is 10.8. The Kier molecular flexibility index (Phi) is 7.08. The smallest absolute Gasteiger partial charge is 0.276 e. The van der Waals surface area contributed by atoms with Crippen molar-refractivity contribution in [3.05, 3.63) is 40.6 Å². The van der Waals surface area contributed by atoms with Crippen LogP contribution in [0.15, 0.2) is 18.2 Å². The zero-order chi connectivity index (χ0) is 30.8. The summed E-state index contributed by atoms with van der Waals surface area (Å²) >= 11 is 0. The first-order chi connectivity index (χ1) is 22.0. The van der Waals surface area contributed by atoms with Crippen molar-refractivity contribution < 1.29 is 23.9 Å². The van der Waals surface area contributed by atoms with Gasteiger partial charge in [-0.25, -0.2) is 4.68 Å². The number of ether oxygens (including phenoxy) is 2. The molecule has 6 aliphatic rings. The zero-order valence-corrected chi connectivity index (χ0v) is 25.7. The third-order valence-electron chi connectivity index (χ3n) is 10.8. The van der Waals surface area contributed by atoms with E-state index in [0.717, 1.165) is 56.9 Å². The molecule has 3 amide bonds. The minimum absolute atomic E-state index is 0.0124. The largest absolute Gasteiger partial charge is 0.484 e. The van der Waals surface area contributed by atoms with Crippen LogP contribution in [0.3, 0.4) is 0 Å². The summed E-state index contributed by atoms with van der Waals surface area (Å²) in [5.41, 5.74) is 3.69. The fraction of sp³-hybridized carbons (Fsp3) is 0.618. The molecule has 11 heteroatoms. The summed E-state index contributed by atoms with van der Waals surface area (Å²) in [6.07, 6.45) is 8.13. The van der Waals surface area contributed by atoms with Crippen molar-refractivity contribution in [3.8, 4) is 11.8 Å². The predicted octanol–water partition coefficient (Wildman–Crippen LogP) is 3.27. The van der Waals surface area contributed by atoms with Gasteiger partial charge in [0.05, 0.1) is 12.1 Å². The lowest BCUT2D eigenvalue weighted by atomic mass is 9.82. The van der Waals surface area contributed by atoms with Crippen LogP contribution in [-0.4, -0.2) is 76.9 Å². The van der Waals surface area contributed by atoms with Gasteiger partial charge in [0.1, 0.15) is 23.7 Å². The second-order valence-electron chi connectivity index (χ2n) is 13.6. The summed E-state index contributed by atoms with van der Waals surface area (Å²) in [7, 11) is 0. The average Bonchev–Trinajstić information content (AvgIpc) is 3.91. The zero-order valence-electron chi connectivity index (χ0n) is 25.7. The number of hydrogen-bond acceptors (Lipinski definition) is 7. The number of rotatable bonds is 8. The van der Waals surface area contributed by atoms with Crippen LogP contribution in [0.5, 0.6) is 5.75 Å². The standard InChI is InChI=1S/C34H40N6O5/c1-2-38-32-29(31(37-40(32)23-10-12-44-13-11-23)34(43)39-24(17-35)14-22-16-26(22)39)28(20-6-7-20)30(33(38)42)36-27(41)18-45-25-9-8-19-4-3-5-21(19)15-25/h8-9,15,20,22-24,26,28,30H,2-7,10-14,16,18H2,1H3,(H,36,41)/t22-,24-,26+,28-,30-/m0/s1. The van der Waals surface area contributed by atoms with Crippen LogP contribution in [0, 0.1) is 23.2 Å². The quantitative estimate of drug-likeness (QED) is 0.484. The van der Waals surface area contributed by atoms with E-state index in [1.807, 2.05) is 23.7 Å². The number of hydrogen-bond donors (Lipinski definition) is 1. The minimum Gasteiger partial charge on any atom is -0.484 e. The molecule has 45 heavy (non-hydrogen) atoms.